The lowest BCUT2D eigenvalue weighted by atomic mass is 10.4. The molecule has 0 aromatic heterocycles. The van der Waals surface area contributed by atoms with Gasteiger partial charge in [0.05, 0.1) is 19.3 Å². The average Bonchev–Trinajstić information content (AvgIpc) is 2.17. The van der Waals surface area contributed by atoms with E-state index in [4.69, 9.17) is 17.1 Å². The summed E-state index contributed by atoms with van der Waals surface area (Å²) < 4.78 is 20.8. The highest BCUT2D eigenvalue weighted by atomic mass is 27.2. The highest BCUT2D eigenvalue weighted by Gasteiger charge is 2.22. The summed E-state index contributed by atoms with van der Waals surface area (Å²) in [6, 6.07) is 0. The standard InChI is InChI=1S/C6H10O3.C3H7O2.CH3.Al/c1-3-9-6(8)4-5(2)7;1-5-3-2-4;;/h4,8H,3H2,1-2H3;2-3H2,1H3;1H3;/q;-1;;+2/p-1/b6-4+;;;. The van der Waals surface area contributed by atoms with Gasteiger partial charge in [-0.2, -0.15) is 0 Å². The molecule has 0 heterocycles. The van der Waals surface area contributed by atoms with E-state index >= 15 is 0 Å². The van der Waals surface area contributed by atoms with Crippen LogP contribution in [0.5, 0.6) is 0 Å². The largest absolute Gasteiger partial charge is 0.763 e. The molecule has 0 saturated heterocycles. The molecule has 92 valence electrons. The number of hydrogen-bond donors (Lipinski definition) is 0. The van der Waals surface area contributed by atoms with E-state index in [9.17, 15) is 4.79 Å². The maximum atomic E-state index is 10.9. The van der Waals surface area contributed by atoms with Crippen molar-refractivity contribution in [3.63, 3.8) is 0 Å². The zero-order valence-corrected chi connectivity index (χ0v) is 11.5. The molecular formula is C10H19AlO5. The third kappa shape index (κ3) is 8.75. The van der Waals surface area contributed by atoms with Crippen molar-refractivity contribution in [2.45, 2.75) is 19.6 Å². The molecule has 0 aliphatic rings. The highest BCUT2D eigenvalue weighted by Crippen LogP contribution is 2.04. The zero-order valence-electron chi connectivity index (χ0n) is 10.3. The highest BCUT2D eigenvalue weighted by molar-refractivity contribution is 6.42. The topological polar surface area (TPSA) is 54.0 Å². The van der Waals surface area contributed by atoms with Crippen LogP contribution in [0.1, 0.15) is 13.8 Å². The lowest BCUT2D eigenvalue weighted by Gasteiger charge is -2.14. The molecule has 0 fully saturated rings. The molecule has 6 heteroatoms. The van der Waals surface area contributed by atoms with Crippen LogP contribution in [0.25, 0.3) is 0 Å². The number of methoxy groups -OCH3 is 1. The van der Waals surface area contributed by atoms with Crippen molar-refractivity contribution in [1.29, 1.82) is 0 Å². The second kappa shape index (κ2) is 9.67. The van der Waals surface area contributed by atoms with E-state index in [2.05, 4.69) is 0 Å². The van der Waals surface area contributed by atoms with E-state index in [0.717, 1.165) is 0 Å². The minimum Gasteiger partial charge on any atom is -0.595 e. The molecule has 0 radical (unpaired) electrons. The molecule has 5 nitrogen and oxygen atoms in total. The Labute approximate surface area is 101 Å². The number of carbonyl (C=O) groups is 1. The molecule has 0 aromatic carbocycles. The number of allylic oxidation sites excluding steroid dienone is 1. The Morgan fingerprint density at radius 1 is 1.38 bits per heavy atom. The first kappa shape index (κ1) is 15.5. The smallest absolute Gasteiger partial charge is 0.595 e. The van der Waals surface area contributed by atoms with Crippen molar-refractivity contribution < 1.29 is 21.8 Å². The molecule has 0 saturated carbocycles. The van der Waals surface area contributed by atoms with Crippen molar-refractivity contribution in [2.75, 3.05) is 26.9 Å². The van der Waals surface area contributed by atoms with Crippen LogP contribution in [0, 0.1) is 0 Å². The quantitative estimate of drug-likeness (QED) is 0.265. The first-order chi connectivity index (χ1) is 7.60. The molecule has 0 rings (SSSR count). The van der Waals surface area contributed by atoms with Gasteiger partial charge in [-0.3, -0.25) is 4.79 Å². The second-order valence-corrected chi connectivity index (χ2v) is 4.76. The lowest BCUT2D eigenvalue weighted by Crippen LogP contribution is -2.21. The third-order valence-electron chi connectivity index (χ3n) is 1.53. The SMILES string of the molecule is CCO/C(=C/C(C)=O)[O][Al]([CH3])[O]CCOC. The summed E-state index contributed by atoms with van der Waals surface area (Å²) in [6.45, 7) is 4.75. The molecular weight excluding hydrogens is 227 g/mol. The summed E-state index contributed by atoms with van der Waals surface area (Å²) in [6.07, 6.45) is 1.33. The van der Waals surface area contributed by atoms with Crippen LogP contribution < -0.4 is 0 Å². The fourth-order valence-corrected chi connectivity index (χ4v) is 1.87. The van der Waals surface area contributed by atoms with Crippen molar-refractivity contribution in [3.8, 4) is 0 Å². The second-order valence-electron chi connectivity index (χ2n) is 3.06. The number of rotatable bonds is 9. The van der Waals surface area contributed by atoms with Crippen LogP contribution in [-0.4, -0.2) is 47.5 Å². The van der Waals surface area contributed by atoms with Crippen LogP contribution in [0.2, 0.25) is 5.79 Å². The summed E-state index contributed by atoms with van der Waals surface area (Å²) in [5.74, 6) is 2.00. The maximum absolute atomic E-state index is 10.9. The van der Waals surface area contributed by atoms with Crippen LogP contribution >= 0.6 is 0 Å². The fourth-order valence-electron chi connectivity index (χ4n) is 0.913. The van der Waals surface area contributed by atoms with Gasteiger partial charge >= 0.3 is 14.8 Å². The van der Waals surface area contributed by atoms with Crippen molar-refractivity contribution in [1.82, 2.24) is 0 Å². The molecule has 0 spiro atoms. The van der Waals surface area contributed by atoms with Gasteiger partial charge in [0, 0.05) is 13.7 Å². The molecule has 0 N–H and O–H groups in total. The van der Waals surface area contributed by atoms with Crippen LogP contribution in [0.3, 0.4) is 0 Å². The van der Waals surface area contributed by atoms with Gasteiger partial charge in [-0.05, 0) is 19.6 Å². The van der Waals surface area contributed by atoms with Crippen molar-refractivity contribution in [2.24, 2.45) is 0 Å². The van der Waals surface area contributed by atoms with Gasteiger partial charge in [0.1, 0.15) is 0 Å². The monoisotopic (exact) mass is 246 g/mol. The zero-order chi connectivity index (χ0) is 12.4. The van der Waals surface area contributed by atoms with Gasteiger partial charge in [0.15, 0.2) is 5.78 Å². The minimum atomic E-state index is -1.81. The number of hydrogen-bond acceptors (Lipinski definition) is 5. The van der Waals surface area contributed by atoms with E-state index in [1.165, 1.54) is 13.0 Å². The van der Waals surface area contributed by atoms with Gasteiger partial charge in [-0.25, -0.2) is 0 Å². The van der Waals surface area contributed by atoms with E-state index in [1.807, 2.05) is 12.7 Å². The first-order valence-corrected chi connectivity index (χ1v) is 7.32. The lowest BCUT2D eigenvalue weighted by molar-refractivity contribution is -0.113. The van der Waals surface area contributed by atoms with Crippen LogP contribution in [-0.2, 0) is 21.8 Å². The summed E-state index contributed by atoms with van der Waals surface area (Å²) >= 11 is -1.81. The molecule has 16 heavy (non-hydrogen) atoms. The minimum absolute atomic E-state index is 0.110. The van der Waals surface area contributed by atoms with E-state index < -0.39 is 14.8 Å². The summed E-state index contributed by atoms with van der Waals surface area (Å²) in [4.78, 5) is 10.9. The Kier molecular flexibility index (Phi) is 9.35. The fraction of sp³-hybridized carbons (Fsp3) is 0.700. The predicted octanol–water partition coefficient (Wildman–Crippen LogP) is 1.25. The van der Waals surface area contributed by atoms with Crippen molar-refractivity contribution in [3.05, 3.63) is 12.0 Å². The van der Waals surface area contributed by atoms with E-state index in [1.54, 1.807) is 7.11 Å². The molecule has 0 aliphatic carbocycles. The summed E-state index contributed by atoms with van der Waals surface area (Å²) in [7, 11) is 1.61. The maximum Gasteiger partial charge on any atom is 0.763 e. The molecule has 0 atom stereocenters. The number of carbonyl (C=O) groups excluding carboxylic acids is 1. The van der Waals surface area contributed by atoms with Gasteiger partial charge in [-0.15, -0.1) is 0 Å². The normalized spacial score (nSPS) is 11.1. The molecule has 0 aromatic rings. The van der Waals surface area contributed by atoms with Gasteiger partial charge in [-0.1, -0.05) is 0 Å². The molecule has 0 amide bonds. The van der Waals surface area contributed by atoms with Crippen LogP contribution in [0.4, 0.5) is 0 Å². The van der Waals surface area contributed by atoms with Crippen molar-refractivity contribution >= 4 is 20.6 Å². The van der Waals surface area contributed by atoms with Gasteiger partial charge in [0.2, 0.25) is 5.95 Å². The molecule has 0 aliphatic heterocycles. The Morgan fingerprint density at radius 3 is 2.56 bits per heavy atom. The third-order valence-corrected chi connectivity index (χ3v) is 2.80. The first-order valence-electron chi connectivity index (χ1n) is 5.22. The Bertz CT molecular complexity index is 229. The summed E-state index contributed by atoms with van der Waals surface area (Å²) in [5.41, 5.74) is 0. The number of ether oxygens (including phenoxy) is 2. The Morgan fingerprint density at radius 2 is 2.06 bits per heavy atom. The predicted molar refractivity (Wildman–Crippen MR) is 60.9 cm³/mol. The Hall–Kier alpha value is -0.538. The van der Waals surface area contributed by atoms with Crippen LogP contribution in [0.15, 0.2) is 12.0 Å². The average molecular weight is 246 g/mol. The molecule has 0 unspecified atom stereocenters. The number of ketones is 1. The molecule has 0 bridgehead atoms. The summed E-state index contributed by atoms with van der Waals surface area (Å²) in [5, 5.41) is 0. The van der Waals surface area contributed by atoms with Gasteiger partial charge < -0.3 is 17.1 Å². The Balaban J connectivity index is 4.02. The van der Waals surface area contributed by atoms with E-state index in [0.29, 0.717) is 19.8 Å². The van der Waals surface area contributed by atoms with E-state index in [-0.39, 0.29) is 11.7 Å². The van der Waals surface area contributed by atoms with Gasteiger partial charge in [0.25, 0.3) is 0 Å².